The molecular weight excluding hydrogens is 213 g/mol. The third-order valence-corrected chi connectivity index (χ3v) is 1.18. The molecule has 0 saturated carbocycles. The number of hydrogen-bond donors (Lipinski definition) is 0. The fraction of sp³-hybridized carbons (Fsp3) is 0.692. The summed E-state index contributed by atoms with van der Waals surface area (Å²) in [5.74, 6) is 0. The van der Waals surface area contributed by atoms with E-state index in [-0.39, 0.29) is 0 Å². The maximum Gasteiger partial charge on any atom is 0.388 e. The fourth-order valence-corrected chi connectivity index (χ4v) is 0.118. The maximum atomic E-state index is 10.8. The van der Waals surface area contributed by atoms with Crippen LogP contribution in [0.4, 0.5) is 13.2 Å². The van der Waals surface area contributed by atoms with Crippen molar-refractivity contribution in [3.8, 4) is 0 Å². The van der Waals surface area contributed by atoms with Crippen LogP contribution in [-0.2, 0) is 0 Å². The molecule has 0 aromatic heterocycles. The van der Waals surface area contributed by atoms with Crippen molar-refractivity contribution in [3.63, 3.8) is 0 Å². The molecule has 0 aromatic rings. The molecule has 100 valence electrons. The van der Waals surface area contributed by atoms with Gasteiger partial charge in [0.25, 0.3) is 0 Å². The zero-order valence-electron chi connectivity index (χ0n) is 11.7. The number of rotatable bonds is 1. The van der Waals surface area contributed by atoms with E-state index in [1.807, 2.05) is 53.7 Å². The molecule has 0 unspecified atom stereocenters. The minimum absolute atomic E-state index is 0.729. The van der Waals surface area contributed by atoms with Crippen molar-refractivity contribution >= 4 is 0 Å². The number of alkyl halides is 3. The van der Waals surface area contributed by atoms with E-state index in [1.54, 1.807) is 0 Å². The molecule has 0 rings (SSSR count). The highest BCUT2D eigenvalue weighted by molar-refractivity contribution is 5.10. The SMILES string of the molecule is C=C/C(C)=C\C.CC.CC.CCC(F)(F)F. The zero-order chi connectivity index (χ0) is 14.2. The second kappa shape index (κ2) is 19.8. The van der Waals surface area contributed by atoms with Gasteiger partial charge >= 0.3 is 6.18 Å². The number of halogens is 3. The number of hydrogen-bond acceptors (Lipinski definition) is 0. The lowest BCUT2D eigenvalue weighted by molar-refractivity contribution is -0.130. The van der Waals surface area contributed by atoms with E-state index in [1.165, 1.54) is 5.57 Å². The molecule has 0 aliphatic heterocycles. The summed E-state index contributed by atoms with van der Waals surface area (Å²) in [6.45, 7) is 16.7. The Hall–Kier alpha value is -0.730. The minimum atomic E-state index is -3.96. The van der Waals surface area contributed by atoms with Crippen LogP contribution >= 0.6 is 0 Å². The third-order valence-electron chi connectivity index (χ3n) is 1.18. The van der Waals surface area contributed by atoms with Crippen molar-refractivity contribution in [3.05, 3.63) is 24.3 Å². The summed E-state index contributed by atoms with van der Waals surface area (Å²) in [7, 11) is 0. The van der Waals surface area contributed by atoms with Gasteiger partial charge < -0.3 is 0 Å². The summed E-state index contributed by atoms with van der Waals surface area (Å²) in [4.78, 5) is 0. The molecule has 0 spiro atoms. The van der Waals surface area contributed by atoms with Crippen molar-refractivity contribution in [1.29, 1.82) is 0 Å². The van der Waals surface area contributed by atoms with Crippen molar-refractivity contribution < 1.29 is 13.2 Å². The predicted molar refractivity (Wildman–Crippen MR) is 68.7 cm³/mol. The normalized spacial score (nSPS) is 9.50. The van der Waals surface area contributed by atoms with Gasteiger partial charge in [-0.05, 0) is 13.8 Å². The van der Waals surface area contributed by atoms with Crippen molar-refractivity contribution in [2.24, 2.45) is 0 Å². The molecule has 0 fully saturated rings. The Balaban J connectivity index is -0.0000000686. The summed E-state index contributed by atoms with van der Waals surface area (Å²) in [6.07, 6.45) is -0.833. The van der Waals surface area contributed by atoms with Crippen molar-refractivity contribution in [2.75, 3.05) is 0 Å². The summed E-state index contributed by atoms with van der Waals surface area (Å²) < 4.78 is 32.4. The van der Waals surface area contributed by atoms with Crippen molar-refractivity contribution in [2.45, 2.75) is 61.1 Å². The fourth-order valence-electron chi connectivity index (χ4n) is 0.118. The first-order valence-electron chi connectivity index (χ1n) is 5.69. The van der Waals surface area contributed by atoms with Gasteiger partial charge in [-0.3, -0.25) is 0 Å². The van der Waals surface area contributed by atoms with Gasteiger partial charge in [-0.15, -0.1) is 0 Å². The van der Waals surface area contributed by atoms with E-state index in [4.69, 9.17) is 0 Å². The lowest BCUT2D eigenvalue weighted by Crippen LogP contribution is -2.02. The first kappa shape index (κ1) is 24.5. The van der Waals surface area contributed by atoms with E-state index in [2.05, 4.69) is 6.58 Å². The Morgan fingerprint density at radius 2 is 1.38 bits per heavy atom. The highest BCUT2D eigenvalue weighted by atomic mass is 19.4. The molecule has 0 nitrogen and oxygen atoms in total. The van der Waals surface area contributed by atoms with Crippen LogP contribution in [0.25, 0.3) is 0 Å². The molecule has 0 N–H and O–H groups in total. The standard InChI is InChI=1S/C6H10.C3H5F3.2C2H6/c1-4-6(3)5-2;1-2-3(4,5)6;2*1-2/h4-5H,1H2,2-3H3;2H2,1H3;2*1-2H3/b6-5-;;;. The monoisotopic (exact) mass is 240 g/mol. The maximum absolute atomic E-state index is 10.8. The Morgan fingerprint density at radius 3 is 1.38 bits per heavy atom. The Morgan fingerprint density at radius 1 is 1.12 bits per heavy atom. The molecule has 0 radical (unpaired) electrons. The van der Waals surface area contributed by atoms with Gasteiger partial charge in [0.1, 0.15) is 0 Å². The molecule has 0 aliphatic rings. The summed E-state index contributed by atoms with van der Waals surface area (Å²) in [6, 6.07) is 0. The smallest absolute Gasteiger partial charge is 0.171 e. The predicted octanol–water partition coefficient (Wildman–Crippen LogP) is 6.15. The van der Waals surface area contributed by atoms with Gasteiger partial charge in [0, 0.05) is 6.42 Å². The van der Waals surface area contributed by atoms with Gasteiger partial charge in [0.05, 0.1) is 0 Å². The van der Waals surface area contributed by atoms with Gasteiger partial charge in [-0.25, -0.2) is 0 Å². The van der Waals surface area contributed by atoms with Crippen LogP contribution in [0.2, 0.25) is 0 Å². The van der Waals surface area contributed by atoms with E-state index in [9.17, 15) is 13.2 Å². The summed E-state index contributed by atoms with van der Waals surface area (Å²) in [5.41, 5.74) is 1.23. The molecule has 0 saturated heterocycles. The van der Waals surface area contributed by atoms with Gasteiger partial charge in [-0.1, -0.05) is 58.9 Å². The molecule has 3 heteroatoms. The van der Waals surface area contributed by atoms with Crippen LogP contribution in [0.3, 0.4) is 0 Å². The topological polar surface area (TPSA) is 0 Å². The quantitative estimate of drug-likeness (QED) is 0.482. The Labute approximate surface area is 99.3 Å². The van der Waals surface area contributed by atoms with E-state index >= 15 is 0 Å². The van der Waals surface area contributed by atoms with Crippen LogP contribution in [0.1, 0.15) is 54.9 Å². The Kier molecular flexibility index (Phi) is 30.3. The largest absolute Gasteiger partial charge is 0.388 e. The lowest BCUT2D eigenvalue weighted by Gasteiger charge is -1.96. The first-order chi connectivity index (χ1) is 7.37. The van der Waals surface area contributed by atoms with Crippen LogP contribution in [0.15, 0.2) is 24.3 Å². The first-order valence-corrected chi connectivity index (χ1v) is 5.69. The van der Waals surface area contributed by atoms with Crippen LogP contribution in [0, 0.1) is 0 Å². The second-order valence-electron chi connectivity index (χ2n) is 2.21. The van der Waals surface area contributed by atoms with E-state index < -0.39 is 12.6 Å². The van der Waals surface area contributed by atoms with Crippen LogP contribution in [0.5, 0.6) is 0 Å². The summed E-state index contributed by atoms with van der Waals surface area (Å²) in [5, 5.41) is 0. The molecule has 0 heterocycles. The van der Waals surface area contributed by atoms with Crippen LogP contribution < -0.4 is 0 Å². The van der Waals surface area contributed by atoms with E-state index in [0.29, 0.717) is 0 Å². The number of allylic oxidation sites excluding steroid dienone is 3. The lowest BCUT2D eigenvalue weighted by atomic mass is 10.3. The highest BCUT2D eigenvalue weighted by Crippen LogP contribution is 2.17. The molecule has 0 aliphatic carbocycles. The molecule has 0 atom stereocenters. The second-order valence-corrected chi connectivity index (χ2v) is 2.21. The minimum Gasteiger partial charge on any atom is -0.171 e. The average molecular weight is 240 g/mol. The zero-order valence-corrected chi connectivity index (χ0v) is 11.7. The average Bonchev–Trinajstić information content (AvgIpc) is 2.33. The third kappa shape index (κ3) is 50.8. The van der Waals surface area contributed by atoms with Gasteiger partial charge in [-0.2, -0.15) is 13.2 Å². The molecule has 0 bridgehead atoms. The van der Waals surface area contributed by atoms with Gasteiger partial charge in [0.2, 0.25) is 0 Å². The van der Waals surface area contributed by atoms with Crippen LogP contribution in [-0.4, -0.2) is 6.18 Å². The molecule has 0 amide bonds. The van der Waals surface area contributed by atoms with E-state index in [0.717, 1.165) is 6.92 Å². The summed E-state index contributed by atoms with van der Waals surface area (Å²) >= 11 is 0. The molecular formula is C13H27F3. The van der Waals surface area contributed by atoms with Crippen molar-refractivity contribution in [1.82, 2.24) is 0 Å². The molecule has 0 aromatic carbocycles. The van der Waals surface area contributed by atoms with Gasteiger partial charge in [0.15, 0.2) is 0 Å². The molecule has 16 heavy (non-hydrogen) atoms. The Bertz CT molecular complexity index is 144. The highest BCUT2D eigenvalue weighted by Gasteiger charge is 2.22.